The average molecular weight is 477 g/mol. The van der Waals surface area contributed by atoms with Crippen molar-refractivity contribution in [2.45, 2.75) is 66.7 Å². The second-order valence-electron chi connectivity index (χ2n) is 9.22. The largest absolute Gasteiger partial charge is 0.494 e. The first-order valence-electron chi connectivity index (χ1n) is 11.2. The molecule has 1 unspecified atom stereocenters. The summed E-state index contributed by atoms with van der Waals surface area (Å²) in [6.45, 7) is 11.8. The molecule has 0 aliphatic carbocycles. The van der Waals surface area contributed by atoms with Gasteiger partial charge in [-0.25, -0.2) is 0 Å². The van der Waals surface area contributed by atoms with Crippen molar-refractivity contribution in [2.75, 3.05) is 13.2 Å². The van der Waals surface area contributed by atoms with Crippen molar-refractivity contribution >= 4 is 32.7 Å². The minimum atomic E-state index is -0.391. The molecular weight excluding hydrogens is 440 g/mol. The van der Waals surface area contributed by atoms with Gasteiger partial charge in [0.25, 0.3) is 0 Å². The van der Waals surface area contributed by atoms with E-state index < -0.39 is 5.41 Å². The Hall–Kier alpha value is -1.55. The molecule has 166 valence electrons. The lowest BCUT2D eigenvalue weighted by Gasteiger charge is -2.32. The summed E-state index contributed by atoms with van der Waals surface area (Å²) in [5.41, 5.74) is -0.391. The molecule has 0 amide bonds. The lowest BCUT2D eigenvalue weighted by Crippen LogP contribution is -2.36. The van der Waals surface area contributed by atoms with E-state index >= 15 is 0 Å². The van der Waals surface area contributed by atoms with Gasteiger partial charge in [-0.1, -0.05) is 55.8 Å². The molecule has 0 saturated carbocycles. The highest BCUT2D eigenvalue weighted by Crippen LogP contribution is 2.35. The van der Waals surface area contributed by atoms with Crippen LogP contribution in [0.3, 0.4) is 0 Å². The van der Waals surface area contributed by atoms with E-state index in [0.29, 0.717) is 19.1 Å². The summed E-state index contributed by atoms with van der Waals surface area (Å²) < 4.78 is 12.6. The molecule has 0 bridgehead atoms. The number of hydrogen-bond donors (Lipinski definition) is 0. The lowest BCUT2D eigenvalue weighted by molar-refractivity contribution is -0.159. The second-order valence-corrected chi connectivity index (χ2v) is 10.1. The van der Waals surface area contributed by atoms with Crippen LogP contribution in [-0.2, 0) is 9.53 Å². The van der Waals surface area contributed by atoms with Gasteiger partial charge in [0.1, 0.15) is 5.75 Å². The predicted molar refractivity (Wildman–Crippen MR) is 129 cm³/mol. The third kappa shape index (κ3) is 7.30. The molecule has 2 rings (SSSR count). The number of ether oxygens (including phenoxy) is 2. The first-order valence-corrected chi connectivity index (χ1v) is 12.0. The first kappa shape index (κ1) is 24.7. The molecule has 0 N–H and O–H groups in total. The summed E-state index contributed by atoms with van der Waals surface area (Å²) in [6, 6.07) is 12.5. The molecule has 0 fully saturated rings. The van der Waals surface area contributed by atoms with Gasteiger partial charge in [-0.05, 0) is 85.9 Å². The normalized spacial score (nSPS) is 13.6. The molecule has 0 aliphatic rings. The Labute approximate surface area is 190 Å². The van der Waals surface area contributed by atoms with Crippen molar-refractivity contribution in [1.29, 1.82) is 0 Å². The molecule has 0 aromatic heterocycles. The number of carbonyl (C=O) groups excluding carboxylic acids is 1. The quantitative estimate of drug-likeness (QED) is 0.231. The molecule has 0 radical (unpaired) electrons. The number of esters is 1. The maximum Gasteiger partial charge on any atom is 0.312 e. The number of hydrogen-bond acceptors (Lipinski definition) is 3. The Morgan fingerprint density at radius 2 is 1.57 bits per heavy atom. The van der Waals surface area contributed by atoms with Crippen LogP contribution < -0.4 is 4.74 Å². The summed E-state index contributed by atoms with van der Waals surface area (Å²) in [7, 11) is 0. The molecular formula is C26H37BrO3. The van der Waals surface area contributed by atoms with E-state index in [1.165, 1.54) is 10.8 Å². The van der Waals surface area contributed by atoms with E-state index in [2.05, 4.69) is 67.9 Å². The molecule has 0 saturated heterocycles. The van der Waals surface area contributed by atoms with Crippen LogP contribution in [0.25, 0.3) is 10.8 Å². The molecule has 1 atom stereocenters. The van der Waals surface area contributed by atoms with Crippen molar-refractivity contribution < 1.29 is 14.3 Å². The maximum atomic E-state index is 12.6. The summed E-state index contributed by atoms with van der Waals surface area (Å²) in [4.78, 5) is 12.6. The smallest absolute Gasteiger partial charge is 0.312 e. The van der Waals surface area contributed by atoms with Gasteiger partial charge < -0.3 is 9.47 Å². The van der Waals surface area contributed by atoms with Gasteiger partial charge in [0.2, 0.25) is 0 Å². The summed E-state index contributed by atoms with van der Waals surface area (Å²) >= 11 is 3.50. The van der Waals surface area contributed by atoms with E-state index in [4.69, 9.17) is 9.47 Å². The predicted octanol–water partition coefficient (Wildman–Crippen LogP) is 7.79. The molecule has 2 aromatic carbocycles. The van der Waals surface area contributed by atoms with Crippen LogP contribution in [0.5, 0.6) is 5.75 Å². The molecule has 0 spiro atoms. The topological polar surface area (TPSA) is 35.5 Å². The van der Waals surface area contributed by atoms with Gasteiger partial charge in [-0.2, -0.15) is 0 Å². The van der Waals surface area contributed by atoms with Gasteiger partial charge in [-0.3, -0.25) is 4.79 Å². The molecule has 2 aromatic rings. The van der Waals surface area contributed by atoms with Crippen LogP contribution in [-0.4, -0.2) is 19.2 Å². The van der Waals surface area contributed by atoms with Gasteiger partial charge in [0.05, 0.1) is 18.6 Å². The standard InChI is InChI=1S/C26H37BrO3/c1-19(2)18-26(5,20(3)4)25(28)30-15-9-7-6-8-14-29-24-13-11-21-16-23(27)12-10-22(21)17-24/h10-13,16-17,19-20H,6-9,14-15,18H2,1-5H3. The number of fused-ring (bicyclic) bond motifs is 1. The second kappa shape index (κ2) is 11.7. The maximum absolute atomic E-state index is 12.6. The molecule has 4 heteroatoms. The highest BCUT2D eigenvalue weighted by Gasteiger charge is 2.38. The third-order valence-corrected chi connectivity index (χ3v) is 6.38. The number of carbonyl (C=O) groups is 1. The van der Waals surface area contributed by atoms with Crippen LogP contribution >= 0.6 is 15.9 Å². The Kier molecular flexibility index (Phi) is 9.67. The van der Waals surface area contributed by atoms with Crippen molar-refractivity contribution in [3.05, 3.63) is 40.9 Å². The van der Waals surface area contributed by atoms with Crippen molar-refractivity contribution in [3.8, 4) is 5.75 Å². The van der Waals surface area contributed by atoms with E-state index in [0.717, 1.165) is 42.3 Å². The minimum Gasteiger partial charge on any atom is -0.494 e. The van der Waals surface area contributed by atoms with E-state index in [1.807, 2.05) is 19.1 Å². The summed E-state index contributed by atoms with van der Waals surface area (Å²) in [5, 5.41) is 2.39. The van der Waals surface area contributed by atoms with Crippen molar-refractivity contribution in [1.82, 2.24) is 0 Å². The van der Waals surface area contributed by atoms with E-state index in [-0.39, 0.29) is 11.9 Å². The zero-order chi connectivity index (χ0) is 22.1. The highest BCUT2D eigenvalue weighted by molar-refractivity contribution is 9.10. The Balaban J connectivity index is 1.63. The number of benzene rings is 2. The summed E-state index contributed by atoms with van der Waals surface area (Å²) in [5.74, 6) is 1.63. The first-order chi connectivity index (χ1) is 14.2. The molecule has 3 nitrogen and oxygen atoms in total. The van der Waals surface area contributed by atoms with E-state index in [9.17, 15) is 4.79 Å². The van der Waals surface area contributed by atoms with Gasteiger partial charge in [0, 0.05) is 4.47 Å². The Bertz CT molecular complexity index is 815. The lowest BCUT2D eigenvalue weighted by atomic mass is 9.73. The fourth-order valence-corrected chi connectivity index (χ4v) is 4.14. The van der Waals surface area contributed by atoms with Crippen LogP contribution in [0, 0.1) is 17.3 Å². The SMILES string of the molecule is CC(C)CC(C)(C(=O)OCCCCCCOc1ccc2cc(Br)ccc2c1)C(C)C. The van der Waals surface area contributed by atoms with Gasteiger partial charge in [-0.15, -0.1) is 0 Å². The number of unbranched alkanes of at least 4 members (excludes halogenated alkanes) is 3. The van der Waals surface area contributed by atoms with Crippen molar-refractivity contribution in [3.63, 3.8) is 0 Å². The van der Waals surface area contributed by atoms with Gasteiger partial charge in [0.15, 0.2) is 0 Å². The zero-order valence-electron chi connectivity index (χ0n) is 19.2. The molecule has 0 aliphatic heterocycles. The van der Waals surface area contributed by atoms with E-state index in [1.54, 1.807) is 0 Å². The van der Waals surface area contributed by atoms with Crippen LogP contribution in [0.2, 0.25) is 0 Å². The minimum absolute atomic E-state index is 0.0436. The third-order valence-electron chi connectivity index (χ3n) is 5.89. The fourth-order valence-electron chi connectivity index (χ4n) is 3.76. The zero-order valence-corrected chi connectivity index (χ0v) is 20.8. The van der Waals surface area contributed by atoms with Crippen LogP contribution in [0.4, 0.5) is 0 Å². The Morgan fingerprint density at radius 1 is 0.933 bits per heavy atom. The van der Waals surface area contributed by atoms with Crippen LogP contribution in [0.15, 0.2) is 40.9 Å². The Morgan fingerprint density at radius 3 is 2.23 bits per heavy atom. The van der Waals surface area contributed by atoms with Gasteiger partial charge >= 0.3 is 5.97 Å². The molecule has 30 heavy (non-hydrogen) atoms. The average Bonchev–Trinajstić information content (AvgIpc) is 2.69. The van der Waals surface area contributed by atoms with Crippen molar-refractivity contribution in [2.24, 2.45) is 17.3 Å². The summed E-state index contributed by atoms with van der Waals surface area (Å²) in [6.07, 6.45) is 4.90. The monoisotopic (exact) mass is 476 g/mol. The molecule has 0 heterocycles. The number of rotatable bonds is 12. The number of halogens is 1. The highest BCUT2D eigenvalue weighted by atomic mass is 79.9. The fraction of sp³-hybridized carbons (Fsp3) is 0.577. The van der Waals surface area contributed by atoms with Crippen LogP contribution in [0.1, 0.15) is 66.7 Å².